The van der Waals surface area contributed by atoms with Crippen LogP contribution in [0.2, 0.25) is 10.0 Å². The molecule has 17 heavy (non-hydrogen) atoms. The number of nitrogens with one attached hydrogen (secondary N) is 1. The summed E-state index contributed by atoms with van der Waals surface area (Å²) in [5, 5.41) is 7.44. The van der Waals surface area contributed by atoms with E-state index in [0.29, 0.717) is 10.0 Å². The molecule has 90 valence electrons. The van der Waals surface area contributed by atoms with Crippen LogP contribution in [0.25, 0.3) is 11.3 Å². The Kier molecular flexibility index (Phi) is 4.26. The van der Waals surface area contributed by atoms with Gasteiger partial charge in [-0.25, -0.2) is 4.98 Å². The molecule has 0 fully saturated rings. The molecule has 0 amide bonds. The number of rotatable bonds is 4. The molecule has 0 aliphatic heterocycles. The van der Waals surface area contributed by atoms with E-state index in [1.54, 1.807) is 17.4 Å². The van der Waals surface area contributed by atoms with Gasteiger partial charge >= 0.3 is 0 Å². The number of thiazole rings is 1. The van der Waals surface area contributed by atoms with Crippen LogP contribution in [-0.4, -0.2) is 11.5 Å². The SMILES string of the molecule is CCCNc1nc(-c2ccc(Cl)cc2Cl)cs1. The highest BCUT2D eigenvalue weighted by molar-refractivity contribution is 7.14. The topological polar surface area (TPSA) is 24.9 Å². The van der Waals surface area contributed by atoms with E-state index in [1.807, 2.05) is 17.5 Å². The van der Waals surface area contributed by atoms with Crippen LogP contribution >= 0.6 is 34.5 Å². The van der Waals surface area contributed by atoms with Gasteiger partial charge in [0.25, 0.3) is 0 Å². The summed E-state index contributed by atoms with van der Waals surface area (Å²) in [6, 6.07) is 5.45. The molecule has 1 N–H and O–H groups in total. The Morgan fingerprint density at radius 2 is 2.18 bits per heavy atom. The zero-order valence-electron chi connectivity index (χ0n) is 9.34. The molecule has 5 heteroatoms. The largest absolute Gasteiger partial charge is 0.362 e. The van der Waals surface area contributed by atoms with Crippen LogP contribution in [0.15, 0.2) is 23.6 Å². The number of anilines is 1. The maximum atomic E-state index is 6.14. The molecule has 2 aromatic rings. The molecule has 0 atom stereocenters. The number of hydrogen-bond donors (Lipinski definition) is 1. The third kappa shape index (κ3) is 3.12. The quantitative estimate of drug-likeness (QED) is 0.861. The number of aromatic nitrogens is 1. The summed E-state index contributed by atoms with van der Waals surface area (Å²) in [5.74, 6) is 0. The minimum Gasteiger partial charge on any atom is -0.362 e. The van der Waals surface area contributed by atoms with Gasteiger partial charge in [0.1, 0.15) is 0 Å². The smallest absolute Gasteiger partial charge is 0.183 e. The Labute approximate surface area is 115 Å². The zero-order valence-corrected chi connectivity index (χ0v) is 11.7. The van der Waals surface area contributed by atoms with Crippen molar-refractivity contribution in [2.45, 2.75) is 13.3 Å². The van der Waals surface area contributed by atoms with E-state index in [1.165, 1.54) is 0 Å². The average Bonchev–Trinajstić information content (AvgIpc) is 2.75. The van der Waals surface area contributed by atoms with Crippen molar-refractivity contribution in [3.05, 3.63) is 33.6 Å². The first-order chi connectivity index (χ1) is 8.20. The molecule has 1 aromatic carbocycles. The lowest BCUT2D eigenvalue weighted by Crippen LogP contribution is -1.98. The summed E-state index contributed by atoms with van der Waals surface area (Å²) >= 11 is 13.6. The average molecular weight is 287 g/mol. The highest BCUT2D eigenvalue weighted by Gasteiger charge is 2.08. The van der Waals surface area contributed by atoms with Gasteiger partial charge in [-0.15, -0.1) is 11.3 Å². The lowest BCUT2D eigenvalue weighted by Gasteiger charge is -2.01. The minimum atomic E-state index is 0.629. The molecule has 1 aromatic heterocycles. The molecule has 0 bridgehead atoms. The zero-order chi connectivity index (χ0) is 12.3. The van der Waals surface area contributed by atoms with Crippen molar-refractivity contribution in [3.63, 3.8) is 0 Å². The van der Waals surface area contributed by atoms with Gasteiger partial charge in [-0.2, -0.15) is 0 Å². The molecule has 2 rings (SSSR count). The van der Waals surface area contributed by atoms with Gasteiger partial charge in [0, 0.05) is 22.5 Å². The van der Waals surface area contributed by atoms with E-state index >= 15 is 0 Å². The number of benzene rings is 1. The molecule has 2 nitrogen and oxygen atoms in total. The second-order valence-corrected chi connectivity index (χ2v) is 5.29. The van der Waals surface area contributed by atoms with Crippen LogP contribution in [0.1, 0.15) is 13.3 Å². The number of halogens is 2. The van der Waals surface area contributed by atoms with Crippen molar-refractivity contribution in [2.75, 3.05) is 11.9 Å². The molecule has 0 aliphatic carbocycles. The highest BCUT2D eigenvalue weighted by Crippen LogP contribution is 2.32. The molecule has 0 radical (unpaired) electrons. The minimum absolute atomic E-state index is 0.629. The molecule has 0 saturated heterocycles. The van der Waals surface area contributed by atoms with Crippen molar-refractivity contribution in [1.29, 1.82) is 0 Å². The third-order valence-electron chi connectivity index (χ3n) is 2.24. The first-order valence-corrected chi connectivity index (χ1v) is 6.99. The van der Waals surface area contributed by atoms with Crippen LogP contribution in [0.4, 0.5) is 5.13 Å². The van der Waals surface area contributed by atoms with Gasteiger partial charge in [-0.05, 0) is 24.6 Å². The van der Waals surface area contributed by atoms with Gasteiger partial charge in [-0.3, -0.25) is 0 Å². The van der Waals surface area contributed by atoms with Gasteiger partial charge in [0.15, 0.2) is 5.13 Å². The van der Waals surface area contributed by atoms with E-state index in [2.05, 4.69) is 17.2 Å². The Morgan fingerprint density at radius 1 is 1.35 bits per heavy atom. The molecule has 1 heterocycles. The third-order valence-corrected chi connectivity index (χ3v) is 3.59. The Balaban J connectivity index is 2.24. The fraction of sp³-hybridized carbons (Fsp3) is 0.250. The van der Waals surface area contributed by atoms with Crippen molar-refractivity contribution >= 4 is 39.7 Å². The lowest BCUT2D eigenvalue weighted by atomic mass is 10.2. The first kappa shape index (κ1) is 12.7. The summed E-state index contributed by atoms with van der Waals surface area (Å²) in [4.78, 5) is 4.49. The Bertz CT molecular complexity index is 511. The van der Waals surface area contributed by atoms with Crippen LogP contribution in [0.5, 0.6) is 0 Å². The summed E-state index contributed by atoms with van der Waals surface area (Å²) in [6.07, 6.45) is 1.08. The van der Waals surface area contributed by atoms with Gasteiger partial charge in [0.05, 0.1) is 10.7 Å². The maximum Gasteiger partial charge on any atom is 0.183 e. The van der Waals surface area contributed by atoms with Crippen molar-refractivity contribution in [1.82, 2.24) is 4.98 Å². The molecule has 0 aliphatic rings. The molecule has 0 unspecified atom stereocenters. The van der Waals surface area contributed by atoms with Gasteiger partial charge < -0.3 is 5.32 Å². The van der Waals surface area contributed by atoms with E-state index < -0.39 is 0 Å². The fourth-order valence-electron chi connectivity index (χ4n) is 1.41. The van der Waals surface area contributed by atoms with Gasteiger partial charge in [0.2, 0.25) is 0 Å². The first-order valence-electron chi connectivity index (χ1n) is 5.35. The second kappa shape index (κ2) is 5.71. The van der Waals surface area contributed by atoms with Crippen LogP contribution in [-0.2, 0) is 0 Å². The molecule has 0 spiro atoms. The van der Waals surface area contributed by atoms with Crippen LogP contribution < -0.4 is 5.32 Å². The summed E-state index contributed by atoms with van der Waals surface area (Å²) in [7, 11) is 0. The Hall–Kier alpha value is -0.770. The Morgan fingerprint density at radius 3 is 2.88 bits per heavy atom. The number of nitrogens with zero attached hydrogens (tertiary/aromatic N) is 1. The van der Waals surface area contributed by atoms with E-state index in [-0.39, 0.29) is 0 Å². The molecular formula is C12H12Cl2N2S. The normalized spacial score (nSPS) is 10.5. The van der Waals surface area contributed by atoms with Crippen molar-refractivity contribution in [2.24, 2.45) is 0 Å². The number of hydrogen-bond acceptors (Lipinski definition) is 3. The van der Waals surface area contributed by atoms with Crippen LogP contribution in [0, 0.1) is 0 Å². The van der Waals surface area contributed by atoms with E-state index in [9.17, 15) is 0 Å². The second-order valence-electron chi connectivity index (χ2n) is 3.59. The standard InChI is InChI=1S/C12H12Cl2N2S/c1-2-5-15-12-16-11(7-17-12)9-4-3-8(13)6-10(9)14/h3-4,6-7H,2,5H2,1H3,(H,15,16). The lowest BCUT2D eigenvalue weighted by molar-refractivity contribution is 0.976. The maximum absolute atomic E-state index is 6.14. The predicted octanol–water partition coefficient (Wildman–Crippen LogP) is 4.94. The molecule has 0 saturated carbocycles. The summed E-state index contributed by atoms with van der Waals surface area (Å²) in [5.41, 5.74) is 1.80. The van der Waals surface area contributed by atoms with Gasteiger partial charge in [-0.1, -0.05) is 30.1 Å². The highest BCUT2D eigenvalue weighted by atomic mass is 35.5. The summed E-state index contributed by atoms with van der Waals surface area (Å²) in [6.45, 7) is 3.05. The van der Waals surface area contributed by atoms with Crippen LogP contribution in [0.3, 0.4) is 0 Å². The van der Waals surface area contributed by atoms with Crippen molar-refractivity contribution in [3.8, 4) is 11.3 Å². The van der Waals surface area contributed by atoms with Crippen molar-refractivity contribution < 1.29 is 0 Å². The predicted molar refractivity (Wildman–Crippen MR) is 76.4 cm³/mol. The van der Waals surface area contributed by atoms with E-state index in [0.717, 1.165) is 29.4 Å². The molecular weight excluding hydrogens is 275 g/mol. The van der Waals surface area contributed by atoms with E-state index in [4.69, 9.17) is 23.2 Å². The monoisotopic (exact) mass is 286 g/mol. The summed E-state index contributed by atoms with van der Waals surface area (Å²) < 4.78 is 0. The fourth-order valence-corrected chi connectivity index (χ4v) is 2.65.